The first-order valence-corrected chi connectivity index (χ1v) is 11.1. The highest BCUT2D eigenvalue weighted by molar-refractivity contribution is 7.89. The van der Waals surface area contributed by atoms with Crippen molar-refractivity contribution < 1.29 is 13.2 Å². The molecule has 1 aliphatic rings. The molecule has 0 bridgehead atoms. The molecule has 0 amide bonds. The fourth-order valence-electron chi connectivity index (χ4n) is 4.04. The monoisotopic (exact) mass is 402 g/mol. The number of hydrogen-bond donors (Lipinski definition) is 0. The summed E-state index contributed by atoms with van der Waals surface area (Å²) in [6.45, 7) is 12.1. The van der Waals surface area contributed by atoms with E-state index in [0.717, 1.165) is 33.7 Å². The Balaban J connectivity index is 1.89. The second kappa shape index (κ2) is 7.76. The smallest absolute Gasteiger partial charge is 0.243 e. The van der Waals surface area contributed by atoms with E-state index in [4.69, 9.17) is 4.74 Å². The highest BCUT2D eigenvalue weighted by Crippen LogP contribution is 2.33. The number of hydrogen-bond acceptors (Lipinski definition) is 4. The largest absolute Gasteiger partial charge is 0.495 e. The molecule has 0 N–H and O–H groups in total. The van der Waals surface area contributed by atoms with Crippen molar-refractivity contribution in [3.05, 3.63) is 52.1 Å². The number of ether oxygens (including phenoxy) is 1. The minimum atomic E-state index is -3.53. The van der Waals surface area contributed by atoms with E-state index >= 15 is 0 Å². The molecule has 1 heterocycles. The van der Waals surface area contributed by atoms with Gasteiger partial charge in [0.05, 0.1) is 17.7 Å². The highest BCUT2D eigenvalue weighted by atomic mass is 32.2. The molecular weight excluding hydrogens is 372 g/mol. The van der Waals surface area contributed by atoms with Crippen LogP contribution < -0.4 is 9.64 Å². The zero-order valence-corrected chi connectivity index (χ0v) is 18.5. The molecule has 5 nitrogen and oxygen atoms in total. The molecule has 1 saturated heterocycles. The molecule has 0 saturated carbocycles. The van der Waals surface area contributed by atoms with Crippen molar-refractivity contribution >= 4 is 15.7 Å². The number of sulfonamides is 1. The molecule has 6 heteroatoms. The number of rotatable bonds is 4. The summed E-state index contributed by atoms with van der Waals surface area (Å²) in [7, 11) is -1.87. The summed E-state index contributed by atoms with van der Waals surface area (Å²) in [5, 5.41) is 0. The first-order chi connectivity index (χ1) is 13.2. The molecule has 1 aliphatic heterocycles. The van der Waals surface area contributed by atoms with Crippen LogP contribution in [0.2, 0.25) is 0 Å². The molecular formula is C22H30N2O3S. The van der Waals surface area contributed by atoms with Crippen LogP contribution in [0.25, 0.3) is 0 Å². The summed E-state index contributed by atoms with van der Waals surface area (Å²) in [6.07, 6.45) is 0. The van der Waals surface area contributed by atoms with Gasteiger partial charge in [-0.25, -0.2) is 8.42 Å². The molecule has 28 heavy (non-hydrogen) atoms. The van der Waals surface area contributed by atoms with Crippen LogP contribution in [0, 0.1) is 34.6 Å². The molecule has 2 aromatic rings. The van der Waals surface area contributed by atoms with Gasteiger partial charge in [0.1, 0.15) is 5.75 Å². The third-order valence-corrected chi connectivity index (χ3v) is 8.37. The molecule has 0 aromatic heterocycles. The number of benzene rings is 2. The topological polar surface area (TPSA) is 49.9 Å². The third kappa shape index (κ3) is 3.40. The lowest BCUT2D eigenvalue weighted by atomic mass is 9.95. The second-order valence-corrected chi connectivity index (χ2v) is 9.39. The van der Waals surface area contributed by atoms with Gasteiger partial charge in [-0.05, 0) is 74.6 Å². The van der Waals surface area contributed by atoms with Crippen molar-refractivity contribution in [3.63, 3.8) is 0 Å². The Morgan fingerprint density at radius 1 is 0.786 bits per heavy atom. The van der Waals surface area contributed by atoms with E-state index in [-0.39, 0.29) is 0 Å². The summed E-state index contributed by atoms with van der Waals surface area (Å²) in [5.74, 6) is 0.815. The van der Waals surface area contributed by atoms with Crippen LogP contribution >= 0.6 is 0 Å². The Kier molecular flexibility index (Phi) is 5.73. The lowest BCUT2D eigenvalue weighted by molar-refractivity contribution is 0.378. The Morgan fingerprint density at radius 3 is 1.82 bits per heavy atom. The van der Waals surface area contributed by atoms with Crippen LogP contribution in [0.15, 0.2) is 29.2 Å². The van der Waals surface area contributed by atoms with Gasteiger partial charge in [0, 0.05) is 26.2 Å². The van der Waals surface area contributed by atoms with E-state index in [0.29, 0.717) is 31.1 Å². The SMILES string of the molecule is COc1ccccc1N1CCN(S(=O)(=O)c2c(C)c(C)c(C)c(C)c2C)CC1. The van der Waals surface area contributed by atoms with Crippen molar-refractivity contribution in [2.24, 2.45) is 0 Å². The second-order valence-electron chi connectivity index (χ2n) is 7.52. The normalized spacial score (nSPS) is 15.7. The van der Waals surface area contributed by atoms with Gasteiger partial charge < -0.3 is 9.64 Å². The van der Waals surface area contributed by atoms with Crippen LogP contribution in [-0.4, -0.2) is 46.0 Å². The average molecular weight is 403 g/mol. The molecule has 0 spiro atoms. The van der Waals surface area contributed by atoms with Crippen molar-refractivity contribution in [2.45, 2.75) is 39.5 Å². The third-order valence-electron chi connectivity index (χ3n) is 6.19. The zero-order chi connectivity index (χ0) is 20.6. The number of anilines is 1. The molecule has 152 valence electrons. The lowest BCUT2D eigenvalue weighted by Crippen LogP contribution is -2.49. The van der Waals surface area contributed by atoms with Gasteiger partial charge in [0.15, 0.2) is 0 Å². The minimum absolute atomic E-state index is 0.464. The van der Waals surface area contributed by atoms with Crippen molar-refractivity contribution in [1.29, 1.82) is 0 Å². The summed E-state index contributed by atoms with van der Waals surface area (Å²) >= 11 is 0. The summed E-state index contributed by atoms with van der Waals surface area (Å²) in [5.41, 5.74) is 6.05. The zero-order valence-electron chi connectivity index (χ0n) is 17.7. The first kappa shape index (κ1) is 20.7. The Bertz CT molecular complexity index is 962. The van der Waals surface area contributed by atoms with Gasteiger partial charge in [-0.2, -0.15) is 4.31 Å². The van der Waals surface area contributed by atoms with Crippen molar-refractivity contribution in [2.75, 3.05) is 38.2 Å². The summed E-state index contributed by atoms with van der Waals surface area (Å²) in [6, 6.07) is 7.87. The standard InChI is InChI=1S/C22H30N2O3S/c1-15-16(2)18(4)22(19(5)17(15)3)28(25,26)24-13-11-23(12-14-24)20-9-7-8-10-21(20)27-6/h7-10H,11-14H2,1-6H3. The molecule has 0 radical (unpaired) electrons. The van der Waals surface area contributed by atoms with E-state index in [1.54, 1.807) is 11.4 Å². The van der Waals surface area contributed by atoms with E-state index < -0.39 is 10.0 Å². The van der Waals surface area contributed by atoms with E-state index in [2.05, 4.69) is 11.8 Å². The van der Waals surface area contributed by atoms with Gasteiger partial charge in [0.25, 0.3) is 0 Å². The fraction of sp³-hybridized carbons (Fsp3) is 0.455. The maximum Gasteiger partial charge on any atom is 0.243 e. The quantitative estimate of drug-likeness (QED) is 0.782. The number of piperazine rings is 1. The predicted octanol–water partition coefficient (Wildman–Crippen LogP) is 3.75. The highest BCUT2D eigenvalue weighted by Gasteiger charge is 2.32. The molecule has 3 rings (SSSR count). The van der Waals surface area contributed by atoms with Crippen LogP contribution in [0.4, 0.5) is 5.69 Å². The fourth-order valence-corrected chi connectivity index (χ4v) is 6.02. The maximum atomic E-state index is 13.5. The molecule has 1 fully saturated rings. The van der Waals surface area contributed by atoms with Crippen LogP contribution in [0.1, 0.15) is 27.8 Å². The van der Waals surface area contributed by atoms with Gasteiger partial charge in [-0.3, -0.25) is 0 Å². The average Bonchev–Trinajstić information content (AvgIpc) is 2.70. The maximum absolute atomic E-state index is 13.5. The molecule has 0 atom stereocenters. The lowest BCUT2D eigenvalue weighted by Gasteiger charge is -2.36. The Hall–Kier alpha value is -2.05. The van der Waals surface area contributed by atoms with Gasteiger partial charge in [-0.1, -0.05) is 12.1 Å². The molecule has 2 aromatic carbocycles. The summed E-state index contributed by atoms with van der Waals surface area (Å²) < 4.78 is 34.1. The van der Waals surface area contributed by atoms with Crippen LogP contribution in [0.3, 0.4) is 0 Å². The minimum Gasteiger partial charge on any atom is -0.495 e. The Labute approximate surface area is 169 Å². The Morgan fingerprint density at radius 2 is 1.29 bits per heavy atom. The van der Waals surface area contributed by atoms with Gasteiger partial charge in [-0.15, -0.1) is 0 Å². The number of para-hydroxylation sites is 2. The van der Waals surface area contributed by atoms with Crippen LogP contribution in [0.5, 0.6) is 5.75 Å². The van der Waals surface area contributed by atoms with E-state index in [9.17, 15) is 8.42 Å². The van der Waals surface area contributed by atoms with E-state index in [1.807, 2.05) is 52.0 Å². The predicted molar refractivity (Wildman–Crippen MR) is 114 cm³/mol. The van der Waals surface area contributed by atoms with Crippen molar-refractivity contribution in [3.8, 4) is 5.75 Å². The van der Waals surface area contributed by atoms with Crippen molar-refractivity contribution in [1.82, 2.24) is 4.31 Å². The number of methoxy groups -OCH3 is 1. The molecule has 0 unspecified atom stereocenters. The van der Waals surface area contributed by atoms with Gasteiger partial charge in [0.2, 0.25) is 10.0 Å². The first-order valence-electron chi connectivity index (χ1n) is 9.65. The number of nitrogens with zero attached hydrogens (tertiary/aromatic N) is 2. The summed E-state index contributed by atoms with van der Waals surface area (Å²) in [4.78, 5) is 2.68. The van der Waals surface area contributed by atoms with Gasteiger partial charge >= 0.3 is 0 Å². The van der Waals surface area contributed by atoms with E-state index in [1.165, 1.54) is 5.56 Å². The molecule has 0 aliphatic carbocycles. The van der Waals surface area contributed by atoms with Crippen LogP contribution in [-0.2, 0) is 10.0 Å².